The van der Waals surface area contributed by atoms with E-state index in [0.29, 0.717) is 24.7 Å². The van der Waals surface area contributed by atoms with E-state index in [0.717, 1.165) is 11.8 Å². The molecule has 0 spiro atoms. The SMILES string of the molecule is O=C(OCCCCS(=O)(=O)O)C1C2CC3CC(C2)CC1C3. The zero-order valence-corrected chi connectivity index (χ0v) is 13.1. The fraction of sp³-hybridized carbons (Fsp3) is 0.933. The molecule has 6 heteroatoms. The highest BCUT2D eigenvalue weighted by Gasteiger charge is 2.51. The van der Waals surface area contributed by atoms with E-state index >= 15 is 0 Å². The first kappa shape index (κ1) is 15.3. The van der Waals surface area contributed by atoms with Crippen molar-refractivity contribution in [1.29, 1.82) is 0 Å². The van der Waals surface area contributed by atoms with Crippen molar-refractivity contribution in [3.05, 3.63) is 0 Å². The molecule has 4 rings (SSSR count). The Morgan fingerprint density at radius 2 is 1.57 bits per heavy atom. The van der Waals surface area contributed by atoms with E-state index in [1.165, 1.54) is 32.1 Å². The first-order valence-corrected chi connectivity index (χ1v) is 9.65. The second kappa shape index (κ2) is 5.88. The number of carbonyl (C=O) groups is 1. The van der Waals surface area contributed by atoms with Crippen LogP contribution in [-0.4, -0.2) is 31.3 Å². The predicted molar refractivity (Wildman–Crippen MR) is 77.1 cm³/mol. The molecule has 4 aliphatic carbocycles. The minimum absolute atomic E-state index is 0.0735. The molecule has 0 unspecified atom stereocenters. The summed E-state index contributed by atoms with van der Waals surface area (Å²) in [7, 11) is -3.90. The molecule has 21 heavy (non-hydrogen) atoms. The molecular weight excluding hydrogens is 292 g/mol. The Labute approximate surface area is 126 Å². The van der Waals surface area contributed by atoms with Crippen molar-refractivity contribution in [2.45, 2.75) is 44.9 Å². The minimum atomic E-state index is -3.90. The van der Waals surface area contributed by atoms with Crippen molar-refractivity contribution in [3.63, 3.8) is 0 Å². The second-order valence-corrected chi connectivity index (χ2v) is 8.69. The van der Waals surface area contributed by atoms with E-state index in [1.807, 2.05) is 0 Å². The van der Waals surface area contributed by atoms with Gasteiger partial charge in [-0.2, -0.15) is 8.42 Å². The highest BCUT2D eigenvalue weighted by Crippen LogP contribution is 2.56. The number of rotatable bonds is 6. The summed E-state index contributed by atoms with van der Waals surface area (Å²) in [6.45, 7) is 0.261. The molecule has 5 nitrogen and oxygen atoms in total. The summed E-state index contributed by atoms with van der Waals surface area (Å²) in [5.41, 5.74) is 0. The molecule has 1 N–H and O–H groups in total. The van der Waals surface area contributed by atoms with Crippen LogP contribution < -0.4 is 0 Å². The standard InChI is InChI=1S/C15H24O5S/c16-15(20-3-1-2-4-21(17,18)19)14-12-6-10-5-11(8-12)9-13(14)7-10/h10-14H,1-9H2,(H,17,18,19). The smallest absolute Gasteiger partial charge is 0.309 e. The van der Waals surface area contributed by atoms with Gasteiger partial charge in [0.2, 0.25) is 0 Å². The van der Waals surface area contributed by atoms with Gasteiger partial charge < -0.3 is 4.74 Å². The third-order valence-corrected chi connectivity index (χ3v) is 6.34. The summed E-state index contributed by atoms with van der Waals surface area (Å²) in [5, 5.41) is 0. The van der Waals surface area contributed by atoms with Crippen LogP contribution in [0.2, 0.25) is 0 Å². The van der Waals surface area contributed by atoms with Crippen LogP contribution in [0.1, 0.15) is 44.9 Å². The maximum absolute atomic E-state index is 12.3. The molecule has 0 amide bonds. The maximum Gasteiger partial charge on any atom is 0.309 e. The summed E-state index contributed by atoms with van der Waals surface area (Å²) in [6, 6.07) is 0. The molecule has 0 aromatic carbocycles. The fourth-order valence-electron chi connectivity index (χ4n) is 4.97. The van der Waals surface area contributed by atoms with Gasteiger partial charge in [-0.25, -0.2) is 0 Å². The average molecular weight is 316 g/mol. The van der Waals surface area contributed by atoms with Crippen LogP contribution >= 0.6 is 0 Å². The normalized spacial score (nSPS) is 37.7. The number of hydrogen-bond acceptors (Lipinski definition) is 4. The molecule has 120 valence electrons. The first-order valence-electron chi connectivity index (χ1n) is 8.04. The Bertz CT molecular complexity index is 470. The van der Waals surface area contributed by atoms with Crippen molar-refractivity contribution in [2.24, 2.45) is 29.6 Å². The van der Waals surface area contributed by atoms with Gasteiger partial charge in [-0.15, -0.1) is 0 Å². The van der Waals surface area contributed by atoms with Gasteiger partial charge in [0.15, 0.2) is 0 Å². The Morgan fingerprint density at radius 1 is 1.00 bits per heavy atom. The summed E-state index contributed by atoms with van der Waals surface area (Å²) >= 11 is 0. The Kier molecular flexibility index (Phi) is 4.28. The molecule has 0 saturated heterocycles. The van der Waals surface area contributed by atoms with E-state index in [2.05, 4.69) is 0 Å². The maximum atomic E-state index is 12.3. The monoisotopic (exact) mass is 316 g/mol. The largest absolute Gasteiger partial charge is 0.465 e. The topological polar surface area (TPSA) is 80.7 Å². The van der Waals surface area contributed by atoms with E-state index < -0.39 is 10.1 Å². The molecule has 4 fully saturated rings. The van der Waals surface area contributed by atoms with E-state index in [-0.39, 0.29) is 24.2 Å². The molecule has 0 aromatic rings. The van der Waals surface area contributed by atoms with Crippen molar-refractivity contribution < 1.29 is 22.5 Å². The van der Waals surface area contributed by atoms with Gasteiger partial charge in [-0.05, 0) is 68.6 Å². The number of carbonyl (C=O) groups excluding carboxylic acids is 1. The van der Waals surface area contributed by atoms with Gasteiger partial charge >= 0.3 is 5.97 Å². The molecule has 0 atom stereocenters. The lowest BCUT2D eigenvalue weighted by atomic mass is 9.52. The van der Waals surface area contributed by atoms with Gasteiger partial charge in [0.1, 0.15) is 0 Å². The highest BCUT2D eigenvalue weighted by atomic mass is 32.2. The van der Waals surface area contributed by atoms with Crippen molar-refractivity contribution in [1.82, 2.24) is 0 Å². The quantitative estimate of drug-likeness (QED) is 0.462. The zero-order chi connectivity index (χ0) is 15.0. The molecule has 0 aliphatic heterocycles. The third-order valence-electron chi connectivity index (χ3n) is 5.54. The van der Waals surface area contributed by atoms with E-state index in [1.54, 1.807) is 0 Å². The number of ether oxygens (including phenoxy) is 1. The van der Waals surface area contributed by atoms with Crippen LogP contribution in [0.4, 0.5) is 0 Å². The molecule has 4 bridgehead atoms. The Hall–Kier alpha value is -0.620. The van der Waals surface area contributed by atoms with Crippen LogP contribution in [0.15, 0.2) is 0 Å². The van der Waals surface area contributed by atoms with Crippen LogP contribution in [-0.2, 0) is 19.6 Å². The average Bonchev–Trinajstić information content (AvgIpc) is 2.35. The first-order chi connectivity index (χ1) is 9.92. The summed E-state index contributed by atoms with van der Waals surface area (Å²) in [6.07, 6.45) is 6.94. The van der Waals surface area contributed by atoms with E-state index in [4.69, 9.17) is 9.29 Å². The summed E-state index contributed by atoms with van der Waals surface area (Å²) in [5.74, 6) is 2.47. The van der Waals surface area contributed by atoms with Gasteiger partial charge in [0.05, 0.1) is 18.3 Å². The lowest BCUT2D eigenvalue weighted by Crippen LogP contribution is -2.48. The van der Waals surface area contributed by atoms with Gasteiger partial charge in [-0.3, -0.25) is 9.35 Å². The molecule has 0 heterocycles. The van der Waals surface area contributed by atoms with E-state index in [9.17, 15) is 13.2 Å². The van der Waals surface area contributed by atoms with Gasteiger partial charge in [0.25, 0.3) is 10.1 Å². The molecule has 0 radical (unpaired) electrons. The van der Waals surface area contributed by atoms with Crippen LogP contribution in [0.25, 0.3) is 0 Å². The number of unbranched alkanes of at least 4 members (excludes halogenated alkanes) is 1. The fourth-order valence-corrected chi connectivity index (χ4v) is 5.53. The minimum Gasteiger partial charge on any atom is -0.465 e. The lowest BCUT2D eigenvalue weighted by molar-refractivity contribution is -0.162. The Balaban J connectivity index is 1.44. The van der Waals surface area contributed by atoms with Crippen molar-refractivity contribution >= 4 is 16.1 Å². The van der Waals surface area contributed by atoms with Gasteiger partial charge in [-0.1, -0.05) is 0 Å². The predicted octanol–water partition coefficient (Wildman–Crippen LogP) is 2.27. The highest BCUT2D eigenvalue weighted by molar-refractivity contribution is 7.85. The third kappa shape index (κ3) is 3.59. The number of hydrogen-bond donors (Lipinski definition) is 1. The van der Waals surface area contributed by atoms with Crippen LogP contribution in [0.5, 0.6) is 0 Å². The molecule has 4 saturated carbocycles. The molecule has 4 aliphatic rings. The summed E-state index contributed by atoms with van der Waals surface area (Å²) < 4.78 is 35.2. The Morgan fingerprint density at radius 3 is 2.10 bits per heavy atom. The van der Waals surface area contributed by atoms with Gasteiger partial charge in [0, 0.05) is 0 Å². The molecular formula is C15H24O5S. The van der Waals surface area contributed by atoms with Crippen molar-refractivity contribution in [2.75, 3.05) is 12.4 Å². The van der Waals surface area contributed by atoms with Crippen LogP contribution in [0.3, 0.4) is 0 Å². The van der Waals surface area contributed by atoms with Crippen LogP contribution in [0, 0.1) is 29.6 Å². The second-order valence-electron chi connectivity index (χ2n) is 7.12. The number of esters is 1. The molecule has 0 aromatic heterocycles. The summed E-state index contributed by atoms with van der Waals surface area (Å²) in [4.78, 5) is 12.3. The zero-order valence-electron chi connectivity index (χ0n) is 12.2. The lowest BCUT2D eigenvalue weighted by Gasteiger charge is -2.53. The van der Waals surface area contributed by atoms with Crippen molar-refractivity contribution in [3.8, 4) is 0 Å².